The first kappa shape index (κ1) is 31.1. The van der Waals surface area contributed by atoms with Crippen LogP contribution in [0.4, 0.5) is 23.4 Å². The van der Waals surface area contributed by atoms with Crippen LogP contribution in [-0.4, -0.2) is 62.8 Å². The molecule has 0 bridgehead atoms. The molecule has 0 radical (unpaired) electrons. The molecule has 4 rings (SSSR count). The van der Waals surface area contributed by atoms with Crippen molar-refractivity contribution >= 4 is 41.2 Å². The molecule has 1 fully saturated rings. The van der Waals surface area contributed by atoms with Crippen molar-refractivity contribution in [3.8, 4) is 16.9 Å². The average Bonchev–Trinajstić information content (AvgIpc) is 3.42. The Labute approximate surface area is 236 Å². The summed E-state index contributed by atoms with van der Waals surface area (Å²) in [7, 11) is 0. The predicted octanol–water partition coefficient (Wildman–Crippen LogP) is 5.02. The number of aldehydes is 1. The number of alkyl halides is 3. The number of pyridine rings is 1. The smallest absolute Gasteiger partial charge is 0.446 e. The van der Waals surface area contributed by atoms with E-state index < -0.39 is 31.0 Å². The topological polar surface area (TPSA) is 124 Å². The Bertz CT molecular complexity index is 1350. The normalized spacial score (nSPS) is 14.8. The predicted molar refractivity (Wildman–Crippen MR) is 139 cm³/mol. The summed E-state index contributed by atoms with van der Waals surface area (Å²) in [6.45, 7) is 2.37. The van der Waals surface area contributed by atoms with E-state index in [0.29, 0.717) is 24.4 Å². The molecule has 1 aliphatic heterocycles. The number of carbonyl (C=O) groups is 2. The van der Waals surface area contributed by atoms with Gasteiger partial charge in [-0.15, -0.1) is 0 Å². The fraction of sp³-hybridized carbons (Fsp3) is 0.360. The molecule has 9 nitrogen and oxygen atoms in total. The number of nitrogens with two attached hydrogens (primary N) is 1. The summed E-state index contributed by atoms with van der Waals surface area (Å²) in [6.07, 6.45) is 0.374. The van der Waals surface area contributed by atoms with Crippen molar-refractivity contribution < 1.29 is 37.0 Å². The highest BCUT2D eigenvalue weighted by Gasteiger charge is 2.25. The molecule has 0 saturated carbocycles. The van der Waals surface area contributed by atoms with Crippen LogP contribution in [0.15, 0.2) is 36.8 Å². The molecule has 15 heteroatoms. The Morgan fingerprint density at radius 1 is 1.25 bits per heavy atom. The van der Waals surface area contributed by atoms with E-state index in [0.717, 1.165) is 24.0 Å². The summed E-state index contributed by atoms with van der Waals surface area (Å²) in [5.41, 5.74) is 7.91. The monoisotopic (exact) mass is 605 g/mol. The van der Waals surface area contributed by atoms with Crippen molar-refractivity contribution in [2.45, 2.75) is 38.1 Å². The Morgan fingerprint density at radius 3 is 2.50 bits per heavy atom. The van der Waals surface area contributed by atoms with Crippen LogP contribution in [0.3, 0.4) is 0 Å². The lowest BCUT2D eigenvalue weighted by molar-refractivity contribution is -0.156. The number of hydrogen-bond acceptors (Lipinski definition) is 7. The summed E-state index contributed by atoms with van der Waals surface area (Å²) in [6, 6.07) is 4.51. The number of anilines is 1. The number of hydrogen-bond donors (Lipinski definition) is 2. The van der Waals surface area contributed by atoms with Crippen LogP contribution in [0, 0.1) is 5.82 Å². The largest absolute Gasteiger partial charge is 0.482 e. The number of nitrogens with zero attached hydrogens (tertiary/aromatic N) is 4. The van der Waals surface area contributed by atoms with E-state index >= 15 is 0 Å². The molecule has 1 aromatic carbocycles. The zero-order chi connectivity index (χ0) is 29.6. The van der Waals surface area contributed by atoms with Crippen LogP contribution < -0.4 is 10.5 Å². The zero-order valence-corrected chi connectivity index (χ0v) is 22.5. The highest BCUT2D eigenvalue weighted by atomic mass is 35.5. The second-order valence-corrected chi connectivity index (χ2v) is 9.55. The fourth-order valence-electron chi connectivity index (χ4n) is 4.04. The molecule has 2 aromatic heterocycles. The molecule has 3 heterocycles. The molecule has 1 amide bonds. The molecular formula is C25H25Cl2F4N5O4. The van der Waals surface area contributed by atoms with Crippen molar-refractivity contribution in [2.75, 3.05) is 25.4 Å². The first-order valence-electron chi connectivity index (χ1n) is 11.9. The molecule has 3 N–H and O–H groups in total. The summed E-state index contributed by atoms with van der Waals surface area (Å²) < 4.78 is 53.0. The standard InChI is InChI=1S/C23H24Cl2FN5O3.C2HF3O/c1-13(21-17(24)2-3-18(26)22(21)25)34-19-8-14(9-28-23(19)27)15-10-29-31(11-15)16-4-6-30(7-5-16)20(33)12-32;3-2(4,5)1-6/h2-3,8-11,13,16,32H,4-7,12H2,1H3,(H2,27,28);1H. The maximum atomic E-state index is 13.9. The fourth-order valence-corrected chi connectivity index (χ4v) is 4.72. The van der Waals surface area contributed by atoms with E-state index in [2.05, 4.69) is 10.1 Å². The lowest BCUT2D eigenvalue weighted by Gasteiger charge is -2.31. The molecule has 1 atom stereocenters. The number of amides is 1. The van der Waals surface area contributed by atoms with Gasteiger partial charge >= 0.3 is 6.18 Å². The number of nitrogen functional groups attached to an aromatic ring is 1. The van der Waals surface area contributed by atoms with E-state index in [1.54, 1.807) is 30.3 Å². The first-order valence-corrected chi connectivity index (χ1v) is 12.6. The maximum Gasteiger partial charge on any atom is 0.446 e. The first-order chi connectivity index (χ1) is 18.8. The van der Waals surface area contributed by atoms with Crippen molar-refractivity contribution in [2.24, 2.45) is 0 Å². The van der Waals surface area contributed by atoms with Crippen LogP contribution in [-0.2, 0) is 9.59 Å². The number of aliphatic hydroxyl groups is 1. The minimum atomic E-state index is -4.64. The minimum Gasteiger partial charge on any atom is -0.482 e. The molecule has 1 unspecified atom stereocenters. The third kappa shape index (κ3) is 7.83. The molecule has 3 aromatic rings. The van der Waals surface area contributed by atoms with Crippen molar-refractivity contribution in [3.05, 3.63) is 58.2 Å². The van der Waals surface area contributed by atoms with Gasteiger partial charge in [-0.25, -0.2) is 9.37 Å². The van der Waals surface area contributed by atoms with Gasteiger partial charge in [0.15, 0.2) is 11.6 Å². The van der Waals surface area contributed by atoms with E-state index in [4.69, 9.17) is 43.6 Å². The molecule has 216 valence electrons. The summed E-state index contributed by atoms with van der Waals surface area (Å²) >= 11 is 12.3. The van der Waals surface area contributed by atoms with Gasteiger partial charge in [-0.1, -0.05) is 23.2 Å². The average molecular weight is 606 g/mol. The van der Waals surface area contributed by atoms with Crippen molar-refractivity contribution in [1.82, 2.24) is 19.7 Å². The Kier molecular flexibility index (Phi) is 10.3. The Hall–Kier alpha value is -3.42. The number of rotatable bonds is 6. The number of aromatic nitrogens is 3. The van der Waals surface area contributed by atoms with Gasteiger partial charge in [-0.05, 0) is 38.0 Å². The van der Waals surface area contributed by atoms with E-state index in [9.17, 15) is 22.4 Å². The van der Waals surface area contributed by atoms with Crippen LogP contribution in [0.2, 0.25) is 10.0 Å². The van der Waals surface area contributed by atoms with Gasteiger partial charge in [-0.2, -0.15) is 18.3 Å². The van der Waals surface area contributed by atoms with Gasteiger partial charge in [0.25, 0.3) is 0 Å². The number of likely N-dealkylation sites (tertiary alicyclic amines) is 1. The quantitative estimate of drug-likeness (QED) is 0.230. The number of piperidine rings is 1. The number of benzene rings is 1. The zero-order valence-electron chi connectivity index (χ0n) is 21.0. The second-order valence-electron chi connectivity index (χ2n) is 8.76. The third-order valence-corrected chi connectivity index (χ3v) is 6.78. The molecular weight excluding hydrogens is 581 g/mol. The summed E-state index contributed by atoms with van der Waals surface area (Å²) in [4.78, 5) is 26.3. The van der Waals surface area contributed by atoms with Crippen molar-refractivity contribution in [1.29, 1.82) is 0 Å². The van der Waals surface area contributed by atoms with Gasteiger partial charge in [-0.3, -0.25) is 14.3 Å². The lowest BCUT2D eigenvalue weighted by Crippen LogP contribution is -2.40. The van der Waals surface area contributed by atoms with Crippen LogP contribution >= 0.6 is 23.2 Å². The van der Waals surface area contributed by atoms with Crippen molar-refractivity contribution in [3.63, 3.8) is 0 Å². The lowest BCUT2D eigenvalue weighted by atomic mass is 10.1. The number of carbonyl (C=O) groups excluding carboxylic acids is 2. The van der Waals surface area contributed by atoms with Gasteiger partial charge < -0.3 is 20.5 Å². The summed E-state index contributed by atoms with van der Waals surface area (Å²) in [5.74, 6) is -0.358. The highest BCUT2D eigenvalue weighted by molar-refractivity contribution is 6.36. The number of ether oxygens (including phenoxy) is 1. The Balaban J connectivity index is 0.000000663. The maximum absolute atomic E-state index is 13.9. The molecule has 40 heavy (non-hydrogen) atoms. The van der Waals surface area contributed by atoms with Gasteiger partial charge in [0, 0.05) is 47.2 Å². The highest BCUT2D eigenvalue weighted by Crippen LogP contribution is 2.37. The summed E-state index contributed by atoms with van der Waals surface area (Å²) in [5, 5.41) is 13.7. The van der Waals surface area contributed by atoms with E-state index in [1.807, 2.05) is 10.9 Å². The molecule has 0 spiro atoms. The van der Waals surface area contributed by atoms with Gasteiger partial charge in [0.1, 0.15) is 18.5 Å². The van der Waals surface area contributed by atoms with Crippen LogP contribution in [0.1, 0.15) is 37.5 Å². The molecule has 1 saturated heterocycles. The van der Waals surface area contributed by atoms with E-state index in [-0.39, 0.29) is 27.8 Å². The van der Waals surface area contributed by atoms with E-state index in [1.165, 1.54) is 12.1 Å². The molecule has 0 aliphatic carbocycles. The minimum absolute atomic E-state index is 0.101. The molecule has 1 aliphatic rings. The van der Waals surface area contributed by atoms with Crippen LogP contribution in [0.25, 0.3) is 11.1 Å². The van der Waals surface area contributed by atoms with Gasteiger partial charge in [0.05, 0.1) is 17.3 Å². The number of aliphatic hydroxyl groups excluding tert-OH is 1. The van der Waals surface area contributed by atoms with Gasteiger partial charge in [0.2, 0.25) is 12.2 Å². The van der Waals surface area contributed by atoms with Crippen LogP contribution in [0.5, 0.6) is 5.75 Å². The second kappa shape index (κ2) is 13.3. The SMILES string of the molecule is CC(Oc1cc(-c2cnn(C3CCN(C(=O)CO)CC3)c2)cnc1N)c1c(Cl)ccc(F)c1Cl.O=CC(F)(F)F. The number of halogens is 6. The Morgan fingerprint density at radius 2 is 1.90 bits per heavy atom. The third-order valence-electron chi connectivity index (χ3n) is 6.07.